The van der Waals surface area contributed by atoms with Crippen LogP contribution in [-0.4, -0.2) is 85.5 Å². The summed E-state index contributed by atoms with van der Waals surface area (Å²) in [4.78, 5) is 17.5. The van der Waals surface area contributed by atoms with Gasteiger partial charge < -0.3 is 24.7 Å². The largest absolute Gasteiger partial charge is 0.379 e. The van der Waals surface area contributed by atoms with Crippen LogP contribution in [0.15, 0.2) is 6.07 Å². The van der Waals surface area contributed by atoms with Crippen LogP contribution in [0.4, 0.5) is 11.8 Å². The van der Waals surface area contributed by atoms with Gasteiger partial charge in [0.2, 0.25) is 5.95 Å². The van der Waals surface area contributed by atoms with E-state index < -0.39 is 0 Å². The zero-order valence-corrected chi connectivity index (χ0v) is 15.5. The lowest BCUT2D eigenvalue weighted by Gasteiger charge is -2.27. The van der Waals surface area contributed by atoms with E-state index in [1.807, 2.05) is 0 Å². The van der Waals surface area contributed by atoms with Gasteiger partial charge >= 0.3 is 0 Å². The highest BCUT2D eigenvalue weighted by atomic mass is 16.5. The second-order valence-corrected chi connectivity index (χ2v) is 6.92. The van der Waals surface area contributed by atoms with Gasteiger partial charge in [0.05, 0.1) is 31.8 Å². The highest BCUT2D eigenvalue weighted by Gasteiger charge is 2.17. The number of hydrogen-bond acceptors (Lipinski definition) is 7. The monoisotopic (exact) mass is 360 g/mol. The highest BCUT2D eigenvalue weighted by Crippen LogP contribution is 2.24. The van der Waals surface area contributed by atoms with Gasteiger partial charge in [-0.2, -0.15) is 9.97 Å². The molecule has 2 aromatic rings. The summed E-state index contributed by atoms with van der Waals surface area (Å²) in [6, 6.07) is 2.11. The molecule has 4 heterocycles. The Hall–Kier alpha value is -1.90. The van der Waals surface area contributed by atoms with E-state index in [0.717, 1.165) is 101 Å². The van der Waals surface area contributed by atoms with Crippen LogP contribution in [0, 0.1) is 6.92 Å². The molecular formula is C18H28N6O2. The van der Waals surface area contributed by atoms with Crippen molar-refractivity contribution in [1.29, 1.82) is 0 Å². The normalized spacial score (nSPS) is 19.2. The number of morpholine rings is 2. The molecule has 0 aliphatic carbocycles. The van der Waals surface area contributed by atoms with Crippen molar-refractivity contribution < 1.29 is 9.47 Å². The van der Waals surface area contributed by atoms with Gasteiger partial charge in [-0.3, -0.25) is 4.90 Å². The number of H-pyrrole nitrogens is 1. The Morgan fingerprint density at radius 2 is 1.81 bits per heavy atom. The zero-order valence-electron chi connectivity index (χ0n) is 15.5. The Balaban J connectivity index is 1.43. The van der Waals surface area contributed by atoms with E-state index in [9.17, 15) is 0 Å². The average molecular weight is 360 g/mol. The molecule has 0 unspecified atom stereocenters. The number of rotatable bonds is 6. The van der Waals surface area contributed by atoms with Gasteiger partial charge in [0.25, 0.3) is 0 Å². The van der Waals surface area contributed by atoms with Gasteiger partial charge in [0, 0.05) is 38.4 Å². The summed E-state index contributed by atoms with van der Waals surface area (Å²) >= 11 is 0. The molecule has 8 heteroatoms. The Morgan fingerprint density at radius 1 is 1.08 bits per heavy atom. The van der Waals surface area contributed by atoms with Gasteiger partial charge in [-0.25, -0.2) is 0 Å². The Bertz CT molecular complexity index is 722. The summed E-state index contributed by atoms with van der Waals surface area (Å²) < 4.78 is 10.9. The lowest BCUT2D eigenvalue weighted by molar-refractivity contribution is 0.0378. The van der Waals surface area contributed by atoms with Crippen LogP contribution in [0.1, 0.15) is 12.1 Å². The summed E-state index contributed by atoms with van der Waals surface area (Å²) in [6.07, 6.45) is 1.09. The third kappa shape index (κ3) is 4.08. The fraction of sp³-hybridized carbons (Fsp3) is 0.667. The minimum Gasteiger partial charge on any atom is -0.379 e. The predicted octanol–water partition coefficient (Wildman–Crippen LogP) is 1.24. The van der Waals surface area contributed by atoms with Crippen molar-refractivity contribution in [2.24, 2.45) is 0 Å². The molecule has 142 valence electrons. The second kappa shape index (κ2) is 8.20. The summed E-state index contributed by atoms with van der Waals surface area (Å²) in [5.74, 6) is 1.70. The van der Waals surface area contributed by atoms with Crippen molar-refractivity contribution in [3.63, 3.8) is 0 Å². The second-order valence-electron chi connectivity index (χ2n) is 6.92. The van der Waals surface area contributed by atoms with Crippen molar-refractivity contribution in [3.8, 4) is 0 Å². The quantitative estimate of drug-likeness (QED) is 0.750. The molecule has 0 amide bonds. The zero-order chi connectivity index (χ0) is 17.8. The Morgan fingerprint density at radius 3 is 2.58 bits per heavy atom. The topological polar surface area (TPSA) is 78.5 Å². The number of ether oxygens (including phenoxy) is 2. The first kappa shape index (κ1) is 17.5. The number of nitrogens with zero attached hydrogens (tertiary/aromatic N) is 4. The number of anilines is 2. The van der Waals surface area contributed by atoms with E-state index >= 15 is 0 Å². The molecule has 2 aromatic heterocycles. The molecule has 0 saturated carbocycles. The third-order valence-electron chi connectivity index (χ3n) is 4.95. The summed E-state index contributed by atoms with van der Waals surface area (Å²) in [7, 11) is 0. The van der Waals surface area contributed by atoms with Crippen molar-refractivity contribution in [2.75, 3.05) is 75.9 Å². The first-order chi connectivity index (χ1) is 12.8. The molecule has 26 heavy (non-hydrogen) atoms. The van der Waals surface area contributed by atoms with E-state index in [-0.39, 0.29) is 0 Å². The molecule has 0 bridgehead atoms. The maximum atomic E-state index is 5.45. The third-order valence-corrected chi connectivity index (χ3v) is 4.95. The SMILES string of the molecule is Cc1cc2c(NCCCN3CCOCC3)nc(N3CCOCC3)nc2[nH]1. The number of fused-ring (bicyclic) bond motifs is 1. The highest BCUT2D eigenvalue weighted by molar-refractivity contribution is 5.89. The molecule has 2 fully saturated rings. The van der Waals surface area contributed by atoms with Gasteiger partial charge in [0.1, 0.15) is 11.5 Å². The Kier molecular flexibility index (Phi) is 5.52. The van der Waals surface area contributed by atoms with E-state index in [1.54, 1.807) is 0 Å². The van der Waals surface area contributed by atoms with E-state index in [1.165, 1.54) is 0 Å². The molecule has 0 radical (unpaired) electrons. The Labute approximate surface area is 153 Å². The lowest BCUT2D eigenvalue weighted by Crippen LogP contribution is -2.37. The number of aromatic nitrogens is 3. The fourth-order valence-electron chi connectivity index (χ4n) is 3.50. The smallest absolute Gasteiger partial charge is 0.229 e. The molecule has 2 aliphatic heterocycles. The van der Waals surface area contributed by atoms with Crippen LogP contribution in [-0.2, 0) is 9.47 Å². The standard InChI is InChI=1S/C18H28N6O2/c1-14-13-15-16(19-3-2-4-23-5-9-25-10-6-23)21-18(22-17(15)20-14)24-7-11-26-12-8-24/h13H,2-12H2,1H3,(H2,19,20,21,22). The first-order valence-corrected chi connectivity index (χ1v) is 9.53. The summed E-state index contributed by atoms with van der Waals surface area (Å²) in [6.45, 7) is 11.0. The van der Waals surface area contributed by atoms with Gasteiger partial charge in [0.15, 0.2) is 0 Å². The summed E-state index contributed by atoms with van der Waals surface area (Å²) in [5, 5.41) is 4.59. The number of nitrogens with one attached hydrogen (secondary N) is 2. The molecule has 4 rings (SSSR count). The van der Waals surface area contributed by atoms with Crippen LogP contribution in [0.25, 0.3) is 11.0 Å². The van der Waals surface area contributed by atoms with Crippen LogP contribution in [0.3, 0.4) is 0 Å². The van der Waals surface area contributed by atoms with Crippen molar-refractivity contribution in [1.82, 2.24) is 19.9 Å². The molecule has 0 aromatic carbocycles. The molecule has 0 spiro atoms. The molecule has 2 saturated heterocycles. The van der Waals surface area contributed by atoms with Crippen LogP contribution in [0.2, 0.25) is 0 Å². The molecule has 2 aliphatic rings. The minimum atomic E-state index is 0.730. The number of aryl methyl sites for hydroxylation is 1. The van der Waals surface area contributed by atoms with E-state index in [0.29, 0.717) is 0 Å². The number of aromatic amines is 1. The van der Waals surface area contributed by atoms with Crippen LogP contribution < -0.4 is 10.2 Å². The maximum absolute atomic E-state index is 5.45. The molecule has 2 N–H and O–H groups in total. The predicted molar refractivity (Wildman–Crippen MR) is 102 cm³/mol. The van der Waals surface area contributed by atoms with Gasteiger partial charge in [-0.1, -0.05) is 0 Å². The van der Waals surface area contributed by atoms with Crippen molar-refractivity contribution in [2.45, 2.75) is 13.3 Å². The average Bonchev–Trinajstić information content (AvgIpc) is 3.07. The molecular weight excluding hydrogens is 332 g/mol. The minimum absolute atomic E-state index is 0.730. The maximum Gasteiger partial charge on any atom is 0.229 e. The van der Waals surface area contributed by atoms with Crippen molar-refractivity contribution >= 4 is 22.8 Å². The van der Waals surface area contributed by atoms with E-state index in [2.05, 4.69) is 33.1 Å². The van der Waals surface area contributed by atoms with Crippen LogP contribution in [0.5, 0.6) is 0 Å². The lowest BCUT2D eigenvalue weighted by atomic mass is 10.3. The van der Waals surface area contributed by atoms with Gasteiger partial charge in [-0.05, 0) is 26.0 Å². The van der Waals surface area contributed by atoms with Gasteiger partial charge in [-0.15, -0.1) is 0 Å². The first-order valence-electron chi connectivity index (χ1n) is 9.53. The summed E-state index contributed by atoms with van der Waals surface area (Å²) in [5.41, 5.74) is 2.00. The fourth-order valence-corrected chi connectivity index (χ4v) is 3.50. The molecule has 0 atom stereocenters. The van der Waals surface area contributed by atoms with Crippen molar-refractivity contribution in [3.05, 3.63) is 11.8 Å². The van der Waals surface area contributed by atoms with E-state index in [4.69, 9.17) is 19.4 Å². The van der Waals surface area contributed by atoms with Crippen LogP contribution >= 0.6 is 0 Å². The number of hydrogen-bond donors (Lipinski definition) is 2. The molecule has 8 nitrogen and oxygen atoms in total.